The molecule has 2 aliphatic rings. The second-order valence-corrected chi connectivity index (χ2v) is 25.6. The third-order valence-corrected chi connectivity index (χ3v) is 16.4. The Morgan fingerprint density at radius 1 is 0.818 bits per heavy atom. The van der Waals surface area contributed by atoms with Crippen molar-refractivity contribution in [3.63, 3.8) is 0 Å². The molecule has 3 heterocycles. The molecule has 470 valence electrons. The number of rotatable bonds is 25. The summed E-state index contributed by atoms with van der Waals surface area (Å²) in [5.41, 5.74) is 5.62. The lowest BCUT2D eigenvalue weighted by Gasteiger charge is -2.42. The van der Waals surface area contributed by atoms with E-state index in [9.17, 15) is 29.1 Å². The van der Waals surface area contributed by atoms with Crippen LogP contribution in [-0.2, 0) is 49.7 Å². The van der Waals surface area contributed by atoms with E-state index < -0.39 is 53.0 Å². The lowest BCUT2D eigenvalue weighted by molar-refractivity contribution is -0.147. The summed E-state index contributed by atoms with van der Waals surface area (Å²) in [6, 6.07) is 25.4. The van der Waals surface area contributed by atoms with E-state index in [1.807, 2.05) is 69.3 Å². The lowest BCUT2D eigenvalue weighted by atomic mass is 9.83. The summed E-state index contributed by atoms with van der Waals surface area (Å²) in [5.74, 6) is -0.449. The molecule has 4 aromatic carbocycles. The van der Waals surface area contributed by atoms with Gasteiger partial charge < -0.3 is 45.5 Å². The first-order valence-electron chi connectivity index (χ1n) is 30.7. The van der Waals surface area contributed by atoms with Crippen LogP contribution in [0.4, 0.5) is 10.5 Å². The Bertz CT molecular complexity index is 3450. The Kier molecular flexibility index (Phi) is 22.2. The van der Waals surface area contributed by atoms with Crippen LogP contribution in [0.3, 0.4) is 0 Å². The minimum Gasteiger partial charge on any atom is -0.494 e. The first kappa shape index (κ1) is 65.8. The summed E-state index contributed by atoms with van der Waals surface area (Å²) in [4.78, 5) is 90.0. The predicted octanol–water partition coefficient (Wildman–Crippen LogP) is 11.2. The summed E-state index contributed by atoms with van der Waals surface area (Å²) in [6.07, 6.45) is 10.2. The molecule has 0 saturated heterocycles. The summed E-state index contributed by atoms with van der Waals surface area (Å²) < 4.78 is 19.0. The number of aromatic hydroxyl groups is 1. The molecule has 0 bridgehead atoms. The van der Waals surface area contributed by atoms with Gasteiger partial charge in [-0.2, -0.15) is 9.61 Å². The minimum absolute atomic E-state index is 0.0175. The van der Waals surface area contributed by atoms with Gasteiger partial charge in [-0.1, -0.05) is 93.7 Å². The molecule has 19 nitrogen and oxygen atoms in total. The monoisotopic (exact) mass is 1220 g/mol. The van der Waals surface area contributed by atoms with Crippen molar-refractivity contribution in [1.82, 2.24) is 40.3 Å². The Balaban J connectivity index is 0.750. The highest BCUT2D eigenvalue weighted by Gasteiger charge is 2.44. The molecule has 8 rings (SSSR count). The Morgan fingerprint density at radius 3 is 2.25 bits per heavy atom. The van der Waals surface area contributed by atoms with E-state index in [4.69, 9.17) is 25.8 Å². The van der Waals surface area contributed by atoms with Crippen molar-refractivity contribution in [3.05, 3.63) is 147 Å². The molecule has 6 amide bonds. The maximum atomic E-state index is 15.0. The number of unbranched alkanes of at least 4 members (excludes halogenated alkanes) is 5. The standard InChI is InChI=1S/C68H86ClN9O10/c1-43-54(37-45-28-31-49(69)32-29-45)64(83)78-60(72-43)55(41-71-78)62(81)73-50-23-20-24-51(40-50)86-36-18-12-13-27-58(79)70-34-16-10-11-17-35-87-52-33-30-47-39-57(63(82)74-56-26-19-22-46-21-14-15-25-53(46)56)77(42-48(47)38-52)65(84)59(67(3,4)5)75-61(80)44(2)76(9)66(85)88-68(6,7)8/h14-15,20-21,23-25,28-33,38,40-41,44,56-57,59,83H,10-13,16-19,22,26-27,34-37,39,42H2,1-9H3,(H,70,79)(H,73,81)(H,74,82)(H,75,80)/t44-,56+,57-,59+/m0/s1. The fraction of sp³-hybridized carbons (Fsp3) is 0.471. The molecule has 4 atom stereocenters. The number of aryl methyl sites for hydroxylation is 2. The average Bonchev–Trinajstić information content (AvgIpc) is 1.89. The lowest BCUT2D eigenvalue weighted by Crippen LogP contribution is -2.62. The second kappa shape index (κ2) is 29.7. The number of halogens is 1. The quantitative estimate of drug-likeness (QED) is 0.0337. The van der Waals surface area contributed by atoms with Crippen LogP contribution < -0.4 is 30.7 Å². The van der Waals surface area contributed by atoms with Gasteiger partial charge in [0.1, 0.15) is 40.8 Å². The highest BCUT2D eigenvalue weighted by atomic mass is 35.5. The SMILES string of the molecule is Cc1nc2c(C(=O)Nc3cccc(OCCCCCC(=O)NCCCCCCOc4ccc5c(c4)CN(C(=O)[C@@H](NC(=O)[C@H](C)N(C)C(=O)OC(C)(C)C)C(C)(C)C)[C@H](C(=O)N[C@@H]4CCCc6ccccc64)C5)c3)cnn2c(O)c1Cc1ccc(Cl)cc1. The third-order valence-electron chi connectivity index (χ3n) is 16.2. The zero-order chi connectivity index (χ0) is 63.3. The number of likely N-dealkylation sites (N-methyl/N-ethyl adjacent to an activating group) is 1. The van der Waals surface area contributed by atoms with Crippen molar-refractivity contribution in [2.24, 2.45) is 5.41 Å². The van der Waals surface area contributed by atoms with Crippen LogP contribution in [0.5, 0.6) is 17.4 Å². The molecule has 0 unspecified atom stereocenters. The molecule has 88 heavy (non-hydrogen) atoms. The summed E-state index contributed by atoms with van der Waals surface area (Å²) >= 11 is 6.05. The van der Waals surface area contributed by atoms with Crippen LogP contribution >= 0.6 is 11.6 Å². The molecule has 5 N–H and O–H groups in total. The molecule has 0 fully saturated rings. The molecule has 0 saturated carbocycles. The normalized spacial score (nSPS) is 15.5. The van der Waals surface area contributed by atoms with Gasteiger partial charge in [-0.3, -0.25) is 28.9 Å². The molecule has 0 spiro atoms. The Labute approximate surface area is 521 Å². The number of ether oxygens (including phenoxy) is 3. The smallest absolute Gasteiger partial charge is 0.410 e. The summed E-state index contributed by atoms with van der Waals surface area (Å²) in [7, 11) is 1.49. The van der Waals surface area contributed by atoms with E-state index in [1.165, 1.54) is 28.2 Å². The van der Waals surface area contributed by atoms with Crippen molar-refractivity contribution in [2.75, 3.05) is 32.1 Å². The fourth-order valence-corrected chi connectivity index (χ4v) is 11.2. The maximum Gasteiger partial charge on any atom is 0.410 e. The Hall–Kier alpha value is -8.19. The number of carbonyl (C=O) groups excluding carboxylic acids is 6. The average molecular weight is 1220 g/mol. The molecule has 0 radical (unpaired) electrons. The number of benzene rings is 4. The fourth-order valence-electron chi connectivity index (χ4n) is 11.0. The molecule has 1 aliphatic carbocycles. The zero-order valence-corrected chi connectivity index (χ0v) is 53.1. The van der Waals surface area contributed by atoms with Gasteiger partial charge in [0.25, 0.3) is 5.91 Å². The number of nitrogens with zero attached hydrogens (tertiary/aromatic N) is 5. The van der Waals surface area contributed by atoms with Crippen LogP contribution in [-0.4, -0.2) is 116 Å². The number of carbonyl (C=O) groups is 6. The van der Waals surface area contributed by atoms with Gasteiger partial charge in [-0.15, -0.1) is 0 Å². The van der Waals surface area contributed by atoms with Crippen LogP contribution in [0.25, 0.3) is 5.65 Å². The molecular formula is C68H86ClN9O10. The number of anilines is 1. The first-order chi connectivity index (χ1) is 41.9. The zero-order valence-electron chi connectivity index (χ0n) is 52.3. The number of hydrogen-bond donors (Lipinski definition) is 5. The summed E-state index contributed by atoms with van der Waals surface area (Å²) in [6.45, 7) is 15.8. The predicted molar refractivity (Wildman–Crippen MR) is 339 cm³/mol. The van der Waals surface area contributed by atoms with Crippen LogP contribution in [0, 0.1) is 12.3 Å². The van der Waals surface area contributed by atoms with Gasteiger partial charge in [0.05, 0.1) is 25.5 Å². The van der Waals surface area contributed by atoms with Crippen molar-refractivity contribution in [2.45, 2.75) is 175 Å². The van der Waals surface area contributed by atoms with Crippen molar-refractivity contribution >= 4 is 58.6 Å². The highest BCUT2D eigenvalue weighted by molar-refractivity contribution is 6.30. The molecule has 1 aliphatic heterocycles. The van der Waals surface area contributed by atoms with E-state index in [-0.39, 0.29) is 47.9 Å². The molecule has 6 aromatic rings. The van der Waals surface area contributed by atoms with Gasteiger partial charge in [-0.05, 0) is 156 Å². The van der Waals surface area contributed by atoms with Gasteiger partial charge in [0.2, 0.25) is 29.5 Å². The van der Waals surface area contributed by atoms with Gasteiger partial charge >= 0.3 is 6.09 Å². The van der Waals surface area contributed by atoms with Crippen molar-refractivity contribution in [1.29, 1.82) is 0 Å². The van der Waals surface area contributed by atoms with E-state index in [1.54, 1.807) is 69.9 Å². The number of hydrogen-bond acceptors (Lipinski definition) is 12. The number of aromatic nitrogens is 3. The first-order valence-corrected chi connectivity index (χ1v) is 31.1. The highest BCUT2D eigenvalue weighted by Crippen LogP contribution is 2.34. The molecule has 2 aromatic heterocycles. The van der Waals surface area contributed by atoms with Gasteiger partial charge in [0.15, 0.2) is 5.65 Å². The Morgan fingerprint density at radius 2 is 1.52 bits per heavy atom. The van der Waals surface area contributed by atoms with Crippen molar-refractivity contribution < 1.29 is 48.1 Å². The number of amides is 6. The number of nitrogens with one attached hydrogen (secondary N) is 4. The van der Waals surface area contributed by atoms with Crippen LogP contribution in [0.2, 0.25) is 5.02 Å². The second-order valence-electron chi connectivity index (χ2n) is 25.2. The molecular weight excluding hydrogens is 1140 g/mol. The number of fused-ring (bicyclic) bond motifs is 3. The topological polar surface area (TPSA) is 235 Å². The maximum absolute atomic E-state index is 15.0. The third kappa shape index (κ3) is 17.5. The van der Waals surface area contributed by atoms with E-state index in [2.05, 4.69) is 43.5 Å². The van der Waals surface area contributed by atoms with Gasteiger partial charge in [-0.25, -0.2) is 9.78 Å². The van der Waals surface area contributed by atoms with Gasteiger partial charge in [0, 0.05) is 67.4 Å². The molecule has 20 heteroatoms. The van der Waals surface area contributed by atoms with Crippen LogP contribution in [0.1, 0.15) is 168 Å². The van der Waals surface area contributed by atoms with Crippen molar-refractivity contribution in [3.8, 4) is 17.4 Å². The minimum atomic E-state index is -1.04. The van der Waals surface area contributed by atoms with E-state index in [0.717, 1.165) is 86.5 Å². The van der Waals surface area contributed by atoms with Crippen LogP contribution in [0.15, 0.2) is 97.2 Å². The summed E-state index contributed by atoms with van der Waals surface area (Å²) in [5, 5.41) is 28.2. The van der Waals surface area contributed by atoms with E-state index in [0.29, 0.717) is 66.1 Å². The largest absolute Gasteiger partial charge is 0.494 e. The van der Waals surface area contributed by atoms with E-state index >= 15 is 4.79 Å².